The fourth-order valence-electron chi connectivity index (χ4n) is 4.58. The maximum absolute atomic E-state index is 13.5. The third-order valence-electron chi connectivity index (χ3n) is 6.50. The van der Waals surface area contributed by atoms with Crippen LogP contribution in [-0.4, -0.2) is 87.8 Å². The maximum Gasteiger partial charge on any atom is 0.330 e. The van der Waals surface area contributed by atoms with Crippen molar-refractivity contribution in [2.75, 3.05) is 45.9 Å². The molecule has 0 saturated carbocycles. The normalized spacial score (nSPS) is 15.5. The SMILES string of the molecule is CCCOc1ccc(S(=O)(=O)N2CCN(CCO)CC2)cc1-c1nc2c(c(=O)[nH]c(=O)n2CCC)n1C. The lowest BCUT2D eigenvalue weighted by Gasteiger charge is -2.33. The van der Waals surface area contributed by atoms with Gasteiger partial charge in [-0.05, 0) is 31.0 Å². The number of rotatable bonds is 10. The Kier molecular flexibility index (Phi) is 8.17. The number of H-pyrrole nitrogens is 1. The van der Waals surface area contributed by atoms with E-state index in [1.54, 1.807) is 17.7 Å². The van der Waals surface area contributed by atoms with E-state index in [0.29, 0.717) is 69.4 Å². The number of imidazole rings is 1. The van der Waals surface area contributed by atoms with E-state index in [1.807, 2.05) is 18.7 Å². The number of piperazine rings is 1. The Hall–Kier alpha value is -3.00. The molecule has 0 spiro atoms. The van der Waals surface area contributed by atoms with Crippen molar-refractivity contribution >= 4 is 21.2 Å². The average Bonchev–Trinajstić information content (AvgIpc) is 3.23. The predicted octanol–water partition coefficient (Wildman–Crippen LogP) is 0.588. The number of aliphatic hydroxyl groups excluding tert-OH is 1. The molecule has 3 aromatic rings. The average molecular weight is 535 g/mol. The summed E-state index contributed by atoms with van der Waals surface area (Å²) in [6.45, 7) is 6.91. The molecule has 0 bridgehead atoms. The van der Waals surface area contributed by atoms with Gasteiger partial charge in [0.25, 0.3) is 5.56 Å². The van der Waals surface area contributed by atoms with E-state index in [2.05, 4.69) is 9.97 Å². The third-order valence-corrected chi connectivity index (χ3v) is 8.39. The molecule has 1 fully saturated rings. The molecule has 1 aliphatic heterocycles. The maximum atomic E-state index is 13.5. The van der Waals surface area contributed by atoms with Crippen molar-refractivity contribution in [2.45, 2.75) is 38.1 Å². The van der Waals surface area contributed by atoms with Crippen LogP contribution in [0.3, 0.4) is 0 Å². The third kappa shape index (κ3) is 5.21. The van der Waals surface area contributed by atoms with Crippen molar-refractivity contribution in [3.8, 4) is 17.1 Å². The van der Waals surface area contributed by atoms with E-state index < -0.39 is 21.3 Å². The van der Waals surface area contributed by atoms with E-state index in [0.717, 1.165) is 6.42 Å². The van der Waals surface area contributed by atoms with E-state index in [-0.39, 0.29) is 22.7 Å². The quantitative estimate of drug-likeness (QED) is 0.385. The van der Waals surface area contributed by atoms with Crippen LogP contribution in [0.2, 0.25) is 0 Å². The summed E-state index contributed by atoms with van der Waals surface area (Å²) >= 11 is 0. The van der Waals surface area contributed by atoms with E-state index in [4.69, 9.17) is 9.84 Å². The summed E-state index contributed by atoms with van der Waals surface area (Å²) in [7, 11) is -2.16. The van der Waals surface area contributed by atoms with Gasteiger partial charge in [-0.15, -0.1) is 0 Å². The van der Waals surface area contributed by atoms with Gasteiger partial charge in [-0.25, -0.2) is 18.2 Å². The number of fused-ring (bicyclic) bond motifs is 1. The highest BCUT2D eigenvalue weighted by Gasteiger charge is 2.30. The van der Waals surface area contributed by atoms with Crippen LogP contribution in [0, 0.1) is 0 Å². The van der Waals surface area contributed by atoms with Crippen molar-refractivity contribution < 1.29 is 18.3 Å². The highest BCUT2D eigenvalue weighted by Crippen LogP contribution is 2.34. The Morgan fingerprint density at radius 1 is 1.08 bits per heavy atom. The second-order valence-corrected chi connectivity index (χ2v) is 11.0. The lowest BCUT2D eigenvalue weighted by atomic mass is 10.2. The summed E-state index contributed by atoms with van der Waals surface area (Å²) in [5, 5.41) is 9.17. The minimum Gasteiger partial charge on any atom is -0.493 e. The molecule has 37 heavy (non-hydrogen) atoms. The summed E-state index contributed by atoms with van der Waals surface area (Å²) in [4.78, 5) is 34.3. The number of nitrogens with zero attached hydrogens (tertiary/aromatic N) is 5. The summed E-state index contributed by atoms with van der Waals surface area (Å²) in [6, 6.07) is 4.66. The number of nitrogens with one attached hydrogen (secondary N) is 1. The van der Waals surface area contributed by atoms with Gasteiger partial charge in [0, 0.05) is 46.3 Å². The summed E-state index contributed by atoms with van der Waals surface area (Å²) in [5.41, 5.74) is -0.222. The zero-order chi connectivity index (χ0) is 26.7. The van der Waals surface area contributed by atoms with Gasteiger partial charge in [-0.3, -0.25) is 19.2 Å². The zero-order valence-corrected chi connectivity index (χ0v) is 22.3. The minimum atomic E-state index is -3.81. The molecule has 2 N–H and O–H groups in total. The van der Waals surface area contributed by atoms with Gasteiger partial charge < -0.3 is 14.4 Å². The largest absolute Gasteiger partial charge is 0.493 e. The van der Waals surface area contributed by atoms with Crippen molar-refractivity contribution in [3.63, 3.8) is 0 Å². The first-order valence-corrected chi connectivity index (χ1v) is 14.0. The summed E-state index contributed by atoms with van der Waals surface area (Å²) in [5.74, 6) is 0.764. The molecule has 0 radical (unpaired) electrons. The second-order valence-electron chi connectivity index (χ2n) is 9.05. The lowest BCUT2D eigenvalue weighted by Crippen LogP contribution is -2.49. The van der Waals surface area contributed by atoms with Crippen LogP contribution in [0.15, 0.2) is 32.7 Å². The number of hydrogen-bond acceptors (Lipinski definition) is 8. The fraction of sp³-hybridized carbons (Fsp3) is 0.542. The van der Waals surface area contributed by atoms with Gasteiger partial charge in [-0.2, -0.15) is 4.31 Å². The number of aromatic nitrogens is 4. The van der Waals surface area contributed by atoms with Gasteiger partial charge in [0.05, 0.1) is 23.7 Å². The minimum absolute atomic E-state index is 0.0300. The molecule has 13 heteroatoms. The number of aromatic amines is 1. The van der Waals surface area contributed by atoms with Gasteiger partial charge in [0.1, 0.15) is 11.6 Å². The second kappa shape index (κ2) is 11.2. The molecule has 0 aliphatic carbocycles. The van der Waals surface area contributed by atoms with Crippen molar-refractivity contribution in [3.05, 3.63) is 39.0 Å². The van der Waals surface area contributed by atoms with Crippen LogP contribution in [0.4, 0.5) is 0 Å². The smallest absolute Gasteiger partial charge is 0.330 e. The van der Waals surface area contributed by atoms with E-state index >= 15 is 0 Å². The number of hydrogen-bond donors (Lipinski definition) is 2. The fourth-order valence-corrected chi connectivity index (χ4v) is 6.03. The summed E-state index contributed by atoms with van der Waals surface area (Å²) in [6.07, 6.45) is 1.41. The first-order valence-electron chi connectivity index (χ1n) is 12.5. The van der Waals surface area contributed by atoms with Crippen LogP contribution < -0.4 is 16.0 Å². The van der Waals surface area contributed by atoms with E-state index in [9.17, 15) is 18.0 Å². The number of β-amino-alcohol motifs (C(OH)–C–C–N with tert-alkyl or cyclic N) is 1. The Morgan fingerprint density at radius 2 is 1.81 bits per heavy atom. The number of ether oxygens (including phenoxy) is 1. The Morgan fingerprint density at radius 3 is 2.46 bits per heavy atom. The zero-order valence-electron chi connectivity index (χ0n) is 21.4. The van der Waals surface area contributed by atoms with E-state index in [1.165, 1.54) is 21.0 Å². The van der Waals surface area contributed by atoms with Gasteiger partial charge in [0.2, 0.25) is 10.0 Å². The number of aryl methyl sites for hydroxylation is 2. The predicted molar refractivity (Wildman–Crippen MR) is 139 cm³/mol. The molecule has 1 aliphatic rings. The summed E-state index contributed by atoms with van der Waals surface area (Å²) < 4.78 is 37.4. The Bertz CT molecular complexity index is 1480. The number of sulfonamides is 1. The first kappa shape index (κ1) is 27.0. The molecule has 1 saturated heterocycles. The Labute approximate surface area is 215 Å². The highest BCUT2D eigenvalue weighted by molar-refractivity contribution is 7.89. The van der Waals surface area contributed by atoms with Crippen LogP contribution in [0.1, 0.15) is 26.7 Å². The van der Waals surface area contributed by atoms with Crippen LogP contribution in [-0.2, 0) is 23.6 Å². The molecule has 12 nitrogen and oxygen atoms in total. The van der Waals surface area contributed by atoms with Crippen LogP contribution in [0.5, 0.6) is 5.75 Å². The molecule has 0 amide bonds. The van der Waals surface area contributed by atoms with Gasteiger partial charge in [-0.1, -0.05) is 13.8 Å². The molecule has 2 aromatic heterocycles. The van der Waals surface area contributed by atoms with Crippen molar-refractivity contribution in [2.24, 2.45) is 7.05 Å². The van der Waals surface area contributed by atoms with Crippen molar-refractivity contribution in [1.29, 1.82) is 0 Å². The first-order chi connectivity index (χ1) is 17.7. The van der Waals surface area contributed by atoms with Gasteiger partial charge in [0.15, 0.2) is 11.2 Å². The molecule has 202 valence electrons. The molecular weight excluding hydrogens is 500 g/mol. The monoisotopic (exact) mass is 534 g/mol. The number of benzene rings is 1. The molecule has 0 atom stereocenters. The van der Waals surface area contributed by atoms with Crippen LogP contribution in [0.25, 0.3) is 22.6 Å². The topological polar surface area (TPSA) is 143 Å². The molecule has 0 unspecified atom stereocenters. The van der Waals surface area contributed by atoms with Crippen molar-refractivity contribution in [1.82, 2.24) is 28.3 Å². The van der Waals surface area contributed by atoms with Crippen LogP contribution >= 0.6 is 0 Å². The standard InChI is InChI=1S/C24H34N6O6S/c1-4-8-30-22-20(23(32)26-24(30)33)27(3)21(25-22)18-16-17(6-7-19(18)36-15-5-2)37(34,35)29-11-9-28(10-12-29)13-14-31/h6-7,16,31H,4-5,8-15H2,1-3H3,(H,26,32,33). The molecule has 3 heterocycles. The Balaban J connectivity index is 1.83. The lowest BCUT2D eigenvalue weighted by molar-refractivity contribution is 0.151. The molecular formula is C24H34N6O6S. The molecule has 4 rings (SSSR count). The van der Waals surface area contributed by atoms with Gasteiger partial charge >= 0.3 is 5.69 Å². The highest BCUT2D eigenvalue weighted by atomic mass is 32.2. The number of aliphatic hydroxyl groups is 1. The molecule has 1 aromatic carbocycles.